The van der Waals surface area contributed by atoms with Gasteiger partial charge < -0.3 is 14.8 Å². The Morgan fingerprint density at radius 2 is 2.28 bits per heavy atom. The summed E-state index contributed by atoms with van der Waals surface area (Å²) < 4.78 is 2.23. The molecule has 6 nitrogen and oxygen atoms in total. The summed E-state index contributed by atoms with van der Waals surface area (Å²) in [5.74, 6) is 1.65. The van der Waals surface area contributed by atoms with Crippen LogP contribution in [0.5, 0.6) is 0 Å². The molecule has 134 valence electrons. The number of piperidine rings is 1. The Bertz CT molecular complexity index is 652. The second kappa shape index (κ2) is 8.65. The van der Waals surface area contributed by atoms with Crippen molar-refractivity contribution in [2.75, 3.05) is 26.2 Å². The lowest BCUT2D eigenvalue weighted by molar-refractivity contribution is 0.189. The van der Waals surface area contributed by atoms with Gasteiger partial charge in [-0.15, -0.1) is 0 Å². The molecule has 3 heterocycles. The number of hydrogen-bond acceptors (Lipinski definition) is 3. The van der Waals surface area contributed by atoms with Crippen LogP contribution >= 0.6 is 0 Å². The zero-order valence-electron chi connectivity index (χ0n) is 15.2. The van der Waals surface area contributed by atoms with Crippen LogP contribution in [0, 0.1) is 5.92 Å². The maximum Gasteiger partial charge on any atom is 0.193 e. The van der Waals surface area contributed by atoms with E-state index in [-0.39, 0.29) is 0 Å². The Labute approximate surface area is 150 Å². The van der Waals surface area contributed by atoms with Crippen LogP contribution in [0.25, 0.3) is 0 Å². The number of nitrogens with zero attached hydrogens (tertiary/aromatic N) is 5. The molecule has 2 aromatic heterocycles. The summed E-state index contributed by atoms with van der Waals surface area (Å²) >= 11 is 0. The lowest BCUT2D eigenvalue weighted by atomic mass is 9.93. The van der Waals surface area contributed by atoms with E-state index >= 15 is 0 Å². The second-order valence-corrected chi connectivity index (χ2v) is 6.60. The lowest BCUT2D eigenvalue weighted by Crippen LogP contribution is -2.49. The fourth-order valence-electron chi connectivity index (χ4n) is 3.34. The van der Waals surface area contributed by atoms with Crippen LogP contribution in [0.2, 0.25) is 0 Å². The highest BCUT2D eigenvalue weighted by Crippen LogP contribution is 2.27. The number of likely N-dealkylation sites (tertiary alicyclic amines) is 1. The van der Waals surface area contributed by atoms with E-state index < -0.39 is 0 Å². The highest BCUT2D eigenvalue weighted by atomic mass is 15.3. The number of aliphatic imine (C=N–C) groups is 1. The molecule has 0 amide bonds. The first-order chi connectivity index (χ1) is 12.3. The third-order valence-electron chi connectivity index (χ3n) is 4.82. The van der Waals surface area contributed by atoms with Gasteiger partial charge in [-0.05, 0) is 31.4 Å². The van der Waals surface area contributed by atoms with E-state index in [1.54, 1.807) is 0 Å². The fourth-order valence-corrected chi connectivity index (χ4v) is 3.34. The zero-order valence-corrected chi connectivity index (χ0v) is 15.2. The monoisotopic (exact) mass is 340 g/mol. The van der Waals surface area contributed by atoms with Gasteiger partial charge >= 0.3 is 0 Å². The number of hydrogen-bond donors (Lipinski definition) is 1. The summed E-state index contributed by atoms with van der Waals surface area (Å²) in [4.78, 5) is 15.8. The van der Waals surface area contributed by atoms with Gasteiger partial charge in [-0.1, -0.05) is 13.0 Å². The summed E-state index contributed by atoms with van der Waals surface area (Å²) in [5, 5.41) is 3.45. The van der Waals surface area contributed by atoms with Gasteiger partial charge in [-0.25, -0.2) is 4.98 Å². The first kappa shape index (κ1) is 17.5. The largest absolute Gasteiger partial charge is 0.357 e. The van der Waals surface area contributed by atoms with Crippen molar-refractivity contribution < 1.29 is 0 Å². The van der Waals surface area contributed by atoms with Crippen LogP contribution in [0.15, 0.2) is 48.1 Å². The lowest BCUT2D eigenvalue weighted by Gasteiger charge is -2.39. The maximum atomic E-state index is 4.84. The molecule has 0 spiro atoms. The maximum absolute atomic E-state index is 4.84. The average Bonchev–Trinajstić information content (AvgIpc) is 3.17. The van der Waals surface area contributed by atoms with Crippen molar-refractivity contribution in [2.45, 2.75) is 32.7 Å². The van der Waals surface area contributed by atoms with Crippen molar-refractivity contribution in [1.29, 1.82) is 0 Å². The molecule has 0 saturated carbocycles. The van der Waals surface area contributed by atoms with Crippen molar-refractivity contribution in [3.63, 3.8) is 0 Å². The van der Waals surface area contributed by atoms with Crippen molar-refractivity contribution >= 4 is 5.96 Å². The fraction of sp³-hybridized carbons (Fsp3) is 0.526. The molecule has 0 bridgehead atoms. The van der Waals surface area contributed by atoms with Crippen LogP contribution < -0.4 is 5.32 Å². The van der Waals surface area contributed by atoms with Crippen LogP contribution in [-0.4, -0.2) is 51.6 Å². The van der Waals surface area contributed by atoms with Gasteiger partial charge in [-0.3, -0.25) is 9.98 Å². The predicted octanol–water partition coefficient (Wildman–Crippen LogP) is 2.37. The summed E-state index contributed by atoms with van der Waals surface area (Å²) in [6, 6.07) is 6.47. The molecule has 0 aliphatic carbocycles. The van der Waals surface area contributed by atoms with Crippen molar-refractivity contribution in [3.8, 4) is 0 Å². The van der Waals surface area contributed by atoms with Gasteiger partial charge in [-0.2, -0.15) is 0 Å². The molecule has 1 fully saturated rings. The van der Waals surface area contributed by atoms with E-state index in [9.17, 15) is 0 Å². The molecule has 2 atom stereocenters. The van der Waals surface area contributed by atoms with E-state index in [0.717, 1.165) is 50.7 Å². The molecular formula is C19H28N6. The SMILES string of the molecule is CCNC(=NCCc1ccccn1)N1CCC(C)C(n2ccnc2)C1. The Morgan fingerprint density at radius 1 is 1.36 bits per heavy atom. The van der Waals surface area contributed by atoms with Gasteiger partial charge in [0.05, 0.1) is 12.4 Å². The first-order valence-corrected chi connectivity index (χ1v) is 9.18. The van der Waals surface area contributed by atoms with Crippen LogP contribution in [0.1, 0.15) is 32.0 Å². The molecule has 0 radical (unpaired) electrons. The molecular weight excluding hydrogens is 312 g/mol. The number of rotatable bonds is 5. The quantitative estimate of drug-likeness (QED) is 0.671. The highest BCUT2D eigenvalue weighted by molar-refractivity contribution is 5.80. The number of guanidine groups is 1. The van der Waals surface area contributed by atoms with E-state index in [1.807, 2.05) is 30.9 Å². The van der Waals surface area contributed by atoms with Gasteiger partial charge in [0.1, 0.15) is 0 Å². The molecule has 25 heavy (non-hydrogen) atoms. The van der Waals surface area contributed by atoms with E-state index in [1.165, 1.54) is 0 Å². The second-order valence-electron chi connectivity index (χ2n) is 6.60. The minimum absolute atomic E-state index is 0.441. The number of imidazole rings is 1. The molecule has 0 aromatic carbocycles. The molecule has 1 aliphatic rings. The molecule has 2 unspecified atom stereocenters. The van der Waals surface area contributed by atoms with E-state index in [0.29, 0.717) is 12.0 Å². The van der Waals surface area contributed by atoms with Crippen LogP contribution in [-0.2, 0) is 6.42 Å². The Balaban J connectivity index is 1.65. The number of pyridine rings is 1. The summed E-state index contributed by atoms with van der Waals surface area (Å²) in [5.41, 5.74) is 1.09. The predicted molar refractivity (Wildman–Crippen MR) is 101 cm³/mol. The molecule has 1 saturated heterocycles. The third kappa shape index (κ3) is 4.59. The molecule has 1 aliphatic heterocycles. The molecule has 3 rings (SSSR count). The van der Waals surface area contributed by atoms with Gasteiger partial charge in [0.15, 0.2) is 5.96 Å². The summed E-state index contributed by atoms with van der Waals surface area (Å²) in [6.07, 6.45) is 9.72. The normalized spacial score (nSPS) is 21.4. The average molecular weight is 340 g/mol. The minimum atomic E-state index is 0.441. The van der Waals surface area contributed by atoms with Gasteiger partial charge in [0, 0.05) is 56.9 Å². The molecule has 6 heteroatoms. The Morgan fingerprint density at radius 3 is 3.00 bits per heavy atom. The summed E-state index contributed by atoms with van der Waals surface area (Å²) in [7, 11) is 0. The molecule has 1 N–H and O–H groups in total. The first-order valence-electron chi connectivity index (χ1n) is 9.18. The molecule has 2 aromatic rings. The van der Waals surface area contributed by atoms with Crippen molar-refractivity contribution in [3.05, 3.63) is 48.8 Å². The Hall–Kier alpha value is -2.37. The number of aromatic nitrogens is 3. The number of nitrogens with one attached hydrogen (secondary N) is 1. The third-order valence-corrected chi connectivity index (χ3v) is 4.82. The van der Waals surface area contributed by atoms with E-state index in [2.05, 4.69) is 50.9 Å². The van der Waals surface area contributed by atoms with Gasteiger partial charge in [0.25, 0.3) is 0 Å². The Kier molecular flexibility index (Phi) is 6.04. The van der Waals surface area contributed by atoms with E-state index in [4.69, 9.17) is 4.99 Å². The smallest absolute Gasteiger partial charge is 0.193 e. The highest BCUT2D eigenvalue weighted by Gasteiger charge is 2.28. The topological polar surface area (TPSA) is 58.3 Å². The van der Waals surface area contributed by atoms with Crippen molar-refractivity contribution in [2.24, 2.45) is 10.9 Å². The van der Waals surface area contributed by atoms with Crippen LogP contribution in [0.4, 0.5) is 0 Å². The standard InChI is InChI=1S/C19H28N6/c1-3-21-19(23-10-7-17-6-4-5-9-22-17)24-12-8-16(2)18(14-24)25-13-11-20-15-25/h4-6,9,11,13,15-16,18H,3,7-8,10,12,14H2,1-2H3,(H,21,23). The van der Waals surface area contributed by atoms with Crippen LogP contribution in [0.3, 0.4) is 0 Å². The van der Waals surface area contributed by atoms with Crippen molar-refractivity contribution in [1.82, 2.24) is 24.8 Å². The van der Waals surface area contributed by atoms with Gasteiger partial charge in [0.2, 0.25) is 0 Å². The summed E-state index contributed by atoms with van der Waals surface area (Å²) in [6.45, 7) is 8.08. The zero-order chi connectivity index (χ0) is 17.5. The minimum Gasteiger partial charge on any atom is -0.357 e.